The fourth-order valence-electron chi connectivity index (χ4n) is 2.37. The minimum atomic E-state index is -0.436. The monoisotopic (exact) mass is 300 g/mol. The van der Waals surface area contributed by atoms with Crippen molar-refractivity contribution in [2.45, 2.75) is 18.9 Å². The Morgan fingerprint density at radius 3 is 2.50 bits per heavy atom. The normalized spacial score (nSPS) is 17.0. The summed E-state index contributed by atoms with van der Waals surface area (Å²) < 4.78 is 12.9. The highest BCUT2D eigenvalue weighted by Gasteiger charge is 2.22. The Morgan fingerprint density at radius 2 is 1.86 bits per heavy atom. The molecule has 0 aliphatic carbocycles. The summed E-state index contributed by atoms with van der Waals surface area (Å²) in [7, 11) is 0. The van der Waals surface area contributed by atoms with Gasteiger partial charge in [0.1, 0.15) is 11.9 Å². The standard InChI is InChI=1S/C16H13FN2O3/c17-13-5-1-11(2-6-13)9-15-10-16(18-22-15)12-3-7-14(8-4-12)19(20)21/h1-8,15H,9-10H2. The van der Waals surface area contributed by atoms with Gasteiger partial charge in [-0.1, -0.05) is 17.3 Å². The van der Waals surface area contributed by atoms with Gasteiger partial charge in [-0.3, -0.25) is 10.1 Å². The first-order valence-electron chi connectivity index (χ1n) is 6.84. The molecule has 1 atom stereocenters. The molecule has 1 aliphatic heterocycles. The van der Waals surface area contributed by atoms with Gasteiger partial charge in [0, 0.05) is 25.0 Å². The Balaban J connectivity index is 1.64. The zero-order valence-electron chi connectivity index (χ0n) is 11.6. The van der Waals surface area contributed by atoms with Gasteiger partial charge < -0.3 is 4.84 Å². The number of rotatable bonds is 4. The first kappa shape index (κ1) is 14.2. The molecule has 2 aromatic carbocycles. The SMILES string of the molecule is O=[N+]([O-])c1ccc(C2=NOC(Cc3ccc(F)cc3)C2)cc1. The lowest BCUT2D eigenvalue weighted by atomic mass is 10.0. The largest absolute Gasteiger partial charge is 0.391 e. The van der Waals surface area contributed by atoms with E-state index in [4.69, 9.17) is 4.84 Å². The number of nitro benzene ring substituents is 1. The number of non-ortho nitro benzene ring substituents is 1. The van der Waals surface area contributed by atoms with Crippen LogP contribution in [0.15, 0.2) is 53.7 Å². The van der Waals surface area contributed by atoms with Crippen LogP contribution >= 0.6 is 0 Å². The van der Waals surface area contributed by atoms with Crippen molar-refractivity contribution in [3.05, 3.63) is 75.6 Å². The first-order chi connectivity index (χ1) is 10.6. The summed E-state index contributed by atoms with van der Waals surface area (Å²) in [5.41, 5.74) is 2.60. The molecule has 0 saturated heterocycles. The van der Waals surface area contributed by atoms with Gasteiger partial charge in [0.15, 0.2) is 0 Å². The maximum absolute atomic E-state index is 12.9. The van der Waals surface area contributed by atoms with Gasteiger partial charge in [-0.2, -0.15) is 0 Å². The molecule has 2 aromatic rings. The van der Waals surface area contributed by atoms with Crippen molar-refractivity contribution < 1.29 is 14.2 Å². The summed E-state index contributed by atoms with van der Waals surface area (Å²) in [4.78, 5) is 15.6. The highest BCUT2D eigenvalue weighted by molar-refractivity contribution is 6.01. The van der Waals surface area contributed by atoms with Crippen LogP contribution in [0.4, 0.5) is 10.1 Å². The van der Waals surface area contributed by atoms with Crippen molar-refractivity contribution in [1.82, 2.24) is 0 Å². The molecule has 0 fully saturated rings. The van der Waals surface area contributed by atoms with Crippen LogP contribution in [0.3, 0.4) is 0 Å². The lowest BCUT2D eigenvalue weighted by molar-refractivity contribution is -0.384. The second-order valence-corrected chi connectivity index (χ2v) is 5.10. The Kier molecular flexibility index (Phi) is 3.82. The van der Waals surface area contributed by atoms with E-state index in [0.29, 0.717) is 12.8 Å². The molecule has 1 heterocycles. The maximum Gasteiger partial charge on any atom is 0.269 e. The average Bonchev–Trinajstić information content (AvgIpc) is 2.98. The molecule has 1 unspecified atom stereocenters. The fraction of sp³-hybridized carbons (Fsp3) is 0.188. The van der Waals surface area contributed by atoms with Crippen molar-refractivity contribution in [2.75, 3.05) is 0 Å². The average molecular weight is 300 g/mol. The summed E-state index contributed by atoms with van der Waals surface area (Å²) in [6.45, 7) is 0. The minimum absolute atomic E-state index is 0.0473. The number of hydrogen-bond donors (Lipinski definition) is 0. The van der Waals surface area contributed by atoms with Crippen LogP contribution in [0, 0.1) is 15.9 Å². The first-order valence-corrected chi connectivity index (χ1v) is 6.84. The Morgan fingerprint density at radius 1 is 1.18 bits per heavy atom. The second-order valence-electron chi connectivity index (χ2n) is 5.10. The van der Waals surface area contributed by atoms with Gasteiger partial charge in [0.25, 0.3) is 5.69 Å². The van der Waals surface area contributed by atoms with Crippen LogP contribution in [-0.4, -0.2) is 16.7 Å². The molecule has 0 bridgehead atoms. The van der Waals surface area contributed by atoms with E-state index >= 15 is 0 Å². The van der Waals surface area contributed by atoms with Crippen molar-refractivity contribution in [3.8, 4) is 0 Å². The number of oxime groups is 1. The predicted molar refractivity (Wildman–Crippen MR) is 79.2 cm³/mol. The van der Waals surface area contributed by atoms with Gasteiger partial charge >= 0.3 is 0 Å². The lowest BCUT2D eigenvalue weighted by Gasteiger charge is -2.07. The van der Waals surface area contributed by atoms with Crippen LogP contribution in [0.5, 0.6) is 0 Å². The van der Waals surface area contributed by atoms with E-state index in [-0.39, 0.29) is 17.6 Å². The van der Waals surface area contributed by atoms with Crippen molar-refractivity contribution in [2.24, 2.45) is 5.16 Å². The molecule has 0 spiro atoms. The van der Waals surface area contributed by atoms with Gasteiger partial charge in [0.2, 0.25) is 0 Å². The quantitative estimate of drug-likeness (QED) is 0.641. The molecular formula is C16H13FN2O3. The van der Waals surface area contributed by atoms with E-state index in [1.54, 1.807) is 24.3 Å². The molecule has 0 aromatic heterocycles. The van der Waals surface area contributed by atoms with E-state index in [9.17, 15) is 14.5 Å². The molecule has 5 nitrogen and oxygen atoms in total. The smallest absolute Gasteiger partial charge is 0.269 e. The van der Waals surface area contributed by atoms with Crippen molar-refractivity contribution in [3.63, 3.8) is 0 Å². The Labute approximate surface area is 126 Å². The molecule has 22 heavy (non-hydrogen) atoms. The molecule has 0 N–H and O–H groups in total. The van der Waals surface area contributed by atoms with Crippen LogP contribution in [0.25, 0.3) is 0 Å². The molecule has 0 radical (unpaired) electrons. The third-order valence-corrected chi connectivity index (χ3v) is 3.52. The third-order valence-electron chi connectivity index (χ3n) is 3.52. The highest BCUT2D eigenvalue weighted by atomic mass is 19.1. The van der Waals surface area contributed by atoms with Crippen LogP contribution < -0.4 is 0 Å². The molecule has 6 heteroatoms. The second kappa shape index (κ2) is 5.93. The third kappa shape index (κ3) is 3.11. The zero-order valence-corrected chi connectivity index (χ0v) is 11.6. The summed E-state index contributed by atoms with van der Waals surface area (Å²) in [5, 5.41) is 14.7. The van der Waals surface area contributed by atoms with Crippen LogP contribution in [0.1, 0.15) is 17.5 Å². The molecule has 0 amide bonds. The number of nitro groups is 1. The topological polar surface area (TPSA) is 64.7 Å². The Hall–Kier alpha value is -2.76. The predicted octanol–water partition coefficient (Wildman–Crippen LogP) is 3.47. The summed E-state index contributed by atoms with van der Waals surface area (Å²) in [6, 6.07) is 12.5. The Bertz CT molecular complexity index is 711. The molecule has 112 valence electrons. The number of hydrogen-bond acceptors (Lipinski definition) is 4. The summed E-state index contributed by atoms with van der Waals surface area (Å²) in [6.07, 6.45) is 1.16. The number of benzene rings is 2. The molecular weight excluding hydrogens is 287 g/mol. The fourth-order valence-corrected chi connectivity index (χ4v) is 2.37. The van der Waals surface area contributed by atoms with Crippen molar-refractivity contribution in [1.29, 1.82) is 0 Å². The van der Waals surface area contributed by atoms with Crippen molar-refractivity contribution >= 4 is 11.4 Å². The van der Waals surface area contributed by atoms with Gasteiger partial charge in [0.05, 0.1) is 10.6 Å². The number of halogens is 1. The minimum Gasteiger partial charge on any atom is -0.391 e. The molecule has 3 rings (SSSR count). The van der Waals surface area contributed by atoms with E-state index < -0.39 is 4.92 Å². The van der Waals surface area contributed by atoms with Gasteiger partial charge in [-0.05, 0) is 35.4 Å². The highest BCUT2D eigenvalue weighted by Crippen LogP contribution is 2.21. The maximum atomic E-state index is 12.9. The van der Waals surface area contributed by atoms with Gasteiger partial charge in [-0.25, -0.2) is 4.39 Å². The lowest BCUT2D eigenvalue weighted by Crippen LogP contribution is -2.11. The van der Waals surface area contributed by atoms with Crippen LogP contribution in [-0.2, 0) is 11.3 Å². The molecule has 1 aliphatic rings. The summed E-state index contributed by atoms with van der Waals surface area (Å²) >= 11 is 0. The van der Waals surface area contributed by atoms with E-state index in [1.165, 1.54) is 24.3 Å². The van der Waals surface area contributed by atoms with E-state index in [1.807, 2.05) is 0 Å². The zero-order chi connectivity index (χ0) is 15.5. The van der Waals surface area contributed by atoms with Crippen LogP contribution in [0.2, 0.25) is 0 Å². The van der Waals surface area contributed by atoms with E-state index in [2.05, 4.69) is 5.16 Å². The molecule has 0 saturated carbocycles. The summed E-state index contributed by atoms with van der Waals surface area (Å²) in [5.74, 6) is -0.265. The van der Waals surface area contributed by atoms with Gasteiger partial charge in [-0.15, -0.1) is 0 Å². The van der Waals surface area contributed by atoms with E-state index in [0.717, 1.165) is 16.8 Å². The number of nitrogens with zero attached hydrogens (tertiary/aromatic N) is 2.